The van der Waals surface area contributed by atoms with Gasteiger partial charge in [-0.25, -0.2) is 0 Å². The van der Waals surface area contributed by atoms with Crippen molar-refractivity contribution in [2.24, 2.45) is 0 Å². The molecule has 0 aromatic heterocycles. The molecule has 2 amide bonds. The molecule has 3 aromatic carbocycles. The van der Waals surface area contributed by atoms with Gasteiger partial charge in [-0.05, 0) is 42.5 Å². The molecule has 0 radical (unpaired) electrons. The summed E-state index contributed by atoms with van der Waals surface area (Å²) in [6, 6.07) is 23.5. The quantitative estimate of drug-likeness (QED) is 0.576. The molecular weight excluding hydrogens is 388 g/mol. The Morgan fingerprint density at radius 1 is 0.929 bits per heavy atom. The van der Waals surface area contributed by atoms with Gasteiger partial charge < -0.3 is 5.32 Å². The van der Waals surface area contributed by atoms with E-state index >= 15 is 0 Å². The van der Waals surface area contributed by atoms with Crippen molar-refractivity contribution in [2.45, 2.75) is 21.6 Å². The molecule has 4 rings (SSSR count). The molecule has 1 aliphatic rings. The van der Waals surface area contributed by atoms with E-state index in [9.17, 15) is 9.59 Å². The Balaban J connectivity index is 1.57. The van der Waals surface area contributed by atoms with E-state index in [0.717, 1.165) is 31.7 Å². The molecule has 1 heterocycles. The van der Waals surface area contributed by atoms with Crippen LogP contribution in [0.5, 0.6) is 0 Å². The Bertz CT molecular complexity index is 1010. The van der Waals surface area contributed by atoms with Crippen molar-refractivity contribution in [2.75, 3.05) is 16.0 Å². The number of para-hydroxylation sites is 2. The lowest BCUT2D eigenvalue weighted by Gasteiger charge is -2.31. The number of nitrogens with zero attached hydrogens (tertiary/aromatic N) is 1. The maximum Gasteiger partial charge on any atom is 0.241 e. The SMILES string of the molecule is CC(=O)Nc1cccc(SCC(=O)N2c3ccccc3Sc3ccccc32)c1. The molecule has 4 nitrogen and oxygen atoms in total. The monoisotopic (exact) mass is 406 g/mol. The van der Waals surface area contributed by atoms with Crippen molar-refractivity contribution in [3.63, 3.8) is 0 Å². The predicted octanol–water partition coefficient (Wildman–Crippen LogP) is 5.57. The van der Waals surface area contributed by atoms with E-state index in [1.165, 1.54) is 18.7 Å². The van der Waals surface area contributed by atoms with Crippen LogP contribution in [0.1, 0.15) is 6.92 Å². The zero-order chi connectivity index (χ0) is 19.5. The van der Waals surface area contributed by atoms with E-state index in [0.29, 0.717) is 5.75 Å². The first-order chi connectivity index (χ1) is 13.6. The van der Waals surface area contributed by atoms with Gasteiger partial charge in [0.1, 0.15) is 0 Å². The molecule has 0 spiro atoms. The van der Waals surface area contributed by atoms with E-state index in [1.54, 1.807) is 11.8 Å². The molecule has 140 valence electrons. The average molecular weight is 407 g/mol. The fourth-order valence-electron chi connectivity index (χ4n) is 3.05. The number of nitrogens with one attached hydrogen (secondary N) is 1. The van der Waals surface area contributed by atoms with E-state index < -0.39 is 0 Å². The largest absolute Gasteiger partial charge is 0.326 e. The van der Waals surface area contributed by atoms with Crippen molar-refractivity contribution in [1.29, 1.82) is 0 Å². The average Bonchev–Trinajstić information content (AvgIpc) is 2.70. The van der Waals surface area contributed by atoms with Crippen LogP contribution in [-0.4, -0.2) is 17.6 Å². The molecule has 0 fully saturated rings. The minimum absolute atomic E-state index is 0.0233. The summed E-state index contributed by atoms with van der Waals surface area (Å²) in [4.78, 5) is 29.3. The van der Waals surface area contributed by atoms with Gasteiger partial charge in [0.15, 0.2) is 0 Å². The zero-order valence-corrected chi connectivity index (χ0v) is 16.8. The second-order valence-electron chi connectivity index (χ2n) is 6.26. The number of carbonyl (C=O) groups is 2. The summed E-state index contributed by atoms with van der Waals surface area (Å²) in [5, 5.41) is 2.77. The Morgan fingerprint density at radius 2 is 1.57 bits per heavy atom. The predicted molar refractivity (Wildman–Crippen MR) is 116 cm³/mol. The first kappa shape index (κ1) is 18.7. The second kappa shape index (κ2) is 8.12. The molecule has 1 aliphatic heterocycles. The van der Waals surface area contributed by atoms with Gasteiger partial charge in [-0.2, -0.15) is 0 Å². The summed E-state index contributed by atoms with van der Waals surface area (Å²) in [6.45, 7) is 1.48. The number of hydrogen-bond donors (Lipinski definition) is 1. The van der Waals surface area contributed by atoms with Crippen LogP contribution in [0.2, 0.25) is 0 Å². The van der Waals surface area contributed by atoms with Crippen molar-refractivity contribution in [3.05, 3.63) is 72.8 Å². The van der Waals surface area contributed by atoms with Gasteiger partial charge in [-0.15, -0.1) is 11.8 Å². The Kier molecular flexibility index (Phi) is 5.41. The van der Waals surface area contributed by atoms with Crippen molar-refractivity contribution >= 4 is 52.4 Å². The third-order valence-corrected chi connectivity index (χ3v) is 6.31. The second-order valence-corrected chi connectivity index (χ2v) is 8.40. The standard InChI is InChI=1S/C22H18N2O2S2/c1-15(25)23-16-7-6-8-17(13-16)27-14-22(26)24-18-9-2-4-11-20(18)28-21-12-5-3-10-19(21)24/h2-13H,14H2,1H3,(H,23,25). The maximum absolute atomic E-state index is 13.2. The van der Waals surface area contributed by atoms with Crippen molar-refractivity contribution in [3.8, 4) is 0 Å². The van der Waals surface area contributed by atoms with Crippen LogP contribution in [0.3, 0.4) is 0 Å². The lowest BCUT2D eigenvalue weighted by molar-refractivity contribution is -0.115. The van der Waals surface area contributed by atoms with Crippen LogP contribution in [-0.2, 0) is 9.59 Å². The first-order valence-electron chi connectivity index (χ1n) is 8.81. The molecular formula is C22H18N2O2S2. The van der Waals surface area contributed by atoms with Crippen LogP contribution >= 0.6 is 23.5 Å². The van der Waals surface area contributed by atoms with Gasteiger partial charge in [0, 0.05) is 27.3 Å². The molecule has 3 aromatic rings. The van der Waals surface area contributed by atoms with E-state index in [1.807, 2.05) is 77.7 Å². The van der Waals surface area contributed by atoms with Gasteiger partial charge >= 0.3 is 0 Å². The first-order valence-corrected chi connectivity index (χ1v) is 10.6. The maximum atomic E-state index is 13.2. The smallest absolute Gasteiger partial charge is 0.241 e. The summed E-state index contributed by atoms with van der Waals surface area (Å²) in [5.41, 5.74) is 2.57. The molecule has 6 heteroatoms. The highest BCUT2D eigenvalue weighted by atomic mass is 32.2. The van der Waals surface area contributed by atoms with Gasteiger partial charge in [0.2, 0.25) is 11.8 Å². The number of benzene rings is 3. The van der Waals surface area contributed by atoms with Crippen molar-refractivity contribution < 1.29 is 9.59 Å². The molecule has 0 bridgehead atoms. The lowest BCUT2D eigenvalue weighted by Crippen LogP contribution is -2.29. The Labute approximate surface area is 172 Å². The fraction of sp³-hybridized carbons (Fsp3) is 0.0909. The molecule has 0 atom stereocenters. The highest BCUT2D eigenvalue weighted by Gasteiger charge is 2.27. The number of rotatable bonds is 4. The highest BCUT2D eigenvalue weighted by Crippen LogP contribution is 2.48. The third kappa shape index (κ3) is 3.93. The van der Waals surface area contributed by atoms with Crippen LogP contribution in [0.25, 0.3) is 0 Å². The third-order valence-electron chi connectivity index (χ3n) is 4.20. The molecule has 0 unspecified atom stereocenters. The van der Waals surface area contributed by atoms with Gasteiger partial charge in [0.25, 0.3) is 0 Å². The molecule has 1 N–H and O–H groups in total. The van der Waals surface area contributed by atoms with Crippen LogP contribution in [0.15, 0.2) is 87.5 Å². The molecule has 28 heavy (non-hydrogen) atoms. The number of amides is 2. The minimum atomic E-state index is -0.114. The summed E-state index contributed by atoms with van der Waals surface area (Å²) >= 11 is 3.15. The Morgan fingerprint density at radius 3 is 2.21 bits per heavy atom. The minimum Gasteiger partial charge on any atom is -0.326 e. The summed E-state index contributed by atoms with van der Waals surface area (Å²) < 4.78 is 0. The van der Waals surface area contributed by atoms with E-state index in [2.05, 4.69) is 5.32 Å². The van der Waals surface area contributed by atoms with Crippen LogP contribution in [0, 0.1) is 0 Å². The number of hydrogen-bond acceptors (Lipinski definition) is 4. The molecule has 0 aliphatic carbocycles. The van der Waals surface area contributed by atoms with E-state index in [-0.39, 0.29) is 11.8 Å². The number of anilines is 3. The van der Waals surface area contributed by atoms with Gasteiger partial charge in [0.05, 0.1) is 17.1 Å². The summed E-state index contributed by atoms with van der Waals surface area (Å²) in [6.07, 6.45) is 0. The van der Waals surface area contributed by atoms with E-state index in [4.69, 9.17) is 0 Å². The van der Waals surface area contributed by atoms with Gasteiger partial charge in [-0.3, -0.25) is 14.5 Å². The molecule has 0 saturated heterocycles. The van der Waals surface area contributed by atoms with Gasteiger partial charge in [-0.1, -0.05) is 42.1 Å². The number of carbonyl (C=O) groups excluding carboxylic acids is 2. The number of thioether (sulfide) groups is 1. The molecule has 0 saturated carbocycles. The Hall–Kier alpha value is -2.70. The van der Waals surface area contributed by atoms with Crippen LogP contribution < -0.4 is 10.2 Å². The van der Waals surface area contributed by atoms with Crippen LogP contribution in [0.4, 0.5) is 17.1 Å². The highest BCUT2D eigenvalue weighted by molar-refractivity contribution is 8.00. The fourth-order valence-corrected chi connectivity index (χ4v) is 4.91. The lowest BCUT2D eigenvalue weighted by atomic mass is 10.2. The topological polar surface area (TPSA) is 49.4 Å². The summed E-state index contributed by atoms with van der Waals surface area (Å²) in [7, 11) is 0. The van der Waals surface area contributed by atoms with Crippen molar-refractivity contribution in [1.82, 2.24) is 0 Å². The summed E-state index contributed by atoms with van der Waals surface area (Å²) in [5.74, 6) is 0.212. The number of fused-ring (bicyclic) bond motifs is 2. The zero-order valence-electron chi connectivity index (χ0n) is 15.2. The normalized spacial score (nSPS) is 12.1.